The summed E-state index contributed by atoms with van der Waals surface area (Å²) in [5.74, 6) is 0.0771. The molecule has 2 aliphatic rings. The molecule has 7 heteroatoms. The van der Waals surface area contributed by atoms with Crippen molar-refractivity contribution in [1.82, 2.24) is 14.9 Å². The lowest BCUT2D eigenvalue weighted by molar-refractivity contribution is -0.150. The predicted octanol–water partition coefficient (Wildman–Crippen LogP) is 2.18. The van der Waals surface area contributed by atoms with Gasteiger partial charge in [0.2, 0.25) is 5.95 Å². The largest absolute Gasteiger partial charge is 0.481 e. The summed E-state index contributed by atoms with van der Waals surface area (Å²) < 4.78 is 5.15. The fourth-order valence-electron chi connectivity index (χ4n) is 4.38. The van der Waals surface area contributed by atoms with Gasteiger partial charge in [-0.05, 0) is 31.4 Å². The van der Waals surface area contributed by atoms with Crippen molar-refractivity contribution in [2.45, 2.75) is 26.3 Å². The number of anilines is 1. The molecule has 2 aromatic rings. The fraction of sp³-hybridized carbons (Fsp3) is 0.526. The minimum atomic E-state index is -0.691. The molecule has 0 aromatic carbocycles. The van der Waals surface area contributed by atoms with Crippen molar-refractivity contribution in [3.05, 3.63) is 42.1 Å². The molecule has 2 fully saturated rings. The van der Waals surface area contributed by atoms with Crippen molar-refractivity contribution in [3.8, 4) is 0 Å². The number of likely N-dealkylation sites (tertiary alicyclic amines) is 1. The van der Waals surface area contributed by atoms with Crippen LogP contribution in [0.25, 0.3) is 0 Å². The van der Waals surface area contributed by atoms with Crippen molar-refractivity contribution in [1.29, 1.82) is 0 Å². The smallest absolute Gasteiger partial charge is 0.311 e. The summed E-state index contributed by atoms with van der Waals surface area (Å²) in [5.41, 5.74) is 1.42. The first-order valence-corrected chi connectivity index (χ1v) is 9.07. The Bertz CT molecular complexity index is 762. The molecule has 7 nitrogen and oxygen atoms in total. The molecule has 2 atom stereocenters. The lowest BCUT2D eigenvalue weighted by Gasteiger charge is -2.29. The summed E-state index contributed by atoms with van der Waals surface area (Å²) >= 11 is 0. The first kappa shape index (κ1) is 17.0. The monoisotopic (exact) mass is 356 g/mol. The average molecular weight is 356 g/mol. The molecule has 0 amide bonds. The minimum absolute atomic E-state index is 0.0549. The molecular formula is C19H24N4O3. The van der Waals surface area contributed by atoms with E-state index in [0.29, 0.717) is 25.5 Å². The molecule has 0 spiro atoms. The number of fused-ring (bicyclic) bond motifs is 1. The number of aryl methyl sites for hydroxylation is 1. The third-order valence-corrected chi connectivity index (χ3v) is 5.72. The number of hydrogen-bond donors (Lipinski definition) is 1. The van der Waals surface area contributed by atoms with E-state index in [1.54, 1.807) is 12.5 Å². The molecule has 2 aliphatic heterocycles. The van der Waals surface area contributed by atoms with E-state index in [1.807, 2.05) is 25.4 Å². The summed E-state index contributed by atoms with van der Waals surface area (Å²) in [6, 6.07) is 1.94. The molecule has 2 aromatic heterocycles. The number of furan rings is 1. The first-order chi connectivity index (χ1) is 12.6. The summed E-state index contributed by atoms with van der Waals surface area (Å²) in [7, 11) is 0. The topological polar surface area (TPSA) is 82.7 Å². The van der Waals surface area contributed by atoms with Crippen molar-refractivity contribution in [3.63, 3.8) is 0 Å². The molecule has 138 valence electrons. The van der Waals surface area contributed by atoms with Gasteiger partial charge in [0, 0.05) is 56.6 Å². The van der Waals surface area contributed by atoms with Crippen LogP contribution < -0.4 is 4.90 Å². The number of carboxylic acids is 1. The Hall–Kier alpha value is -2.41. The van der Waals surface area contributed by atoms with Crippen molar-refractivity contribution in [2.24, 2.45) is 11.3 Å². The van der Waals surface area contributed by atoms with Gasteiger partial charge in [0.05, 0.1) is 17.9 Å². The predicted molar refractivity (Wildman–Crippen MR) is 95.8 cm³/mol. The van der Waals surface area contributed by atoms with Crippen LogP contribution in [0.5, 0.6) is 0 Å². The summed E-state index contributed by atoms with van der Waals surface area (Å²) in [5, 5.41) is 10.1. The molecule has 26 heavy (non-hydrogen) atoms. The number of carboxylic acid groups (broad SMARTS) is 1. The molecule has 4 rings (SSSR count). The number of aromatic nitrogens is 2. The Morgan fingerprint density at radius 2 is 2.19 bits per heavy atom. The molecule has 0 aliphatic carbocycles. The zero-order valence-corrected chi connectivity index (χ0v) is 15.0. The zero-order chi connectivity index (χ0) is 18.1. The highest BCUT2D eigenvalue weighted by Gasteiger charge is 2.53. The van der Waals surface area contributed by atoms with Crippen LogP contribution in [-0.2, 0) is 11.3 Å². The van der Waals surface area contributed by atoms with Crippen LogP contribution in [-0.4, -0.2) is 52.1 Å². The third-order valence-electron chi connectivity index (χ3n) is 5.72. The molecule has 0 radical (unpaired) electrons. The van der Waals surface area contributed by atoms with E-state index in [0.717, 1.165) is 37.2 Å². The molecule has 0 saturated carbocycles. The van der Waals surface area contributed by atoms with E-state index in [1.165, 1.54) is 0 Å². The number of carbonyl (C=O) groups is 1. The Balaban J connectivity index is 1.56. The van der Waals surface area contributed by atoms with Crippen molar-refractivity contribution in [2.75, 3.05) is 31.1 Å². The van der Waals surface area contributed by atoms with Crippen LogP contribution in [0.3, 0.4) is 0 Å². The Morgan fingerprint density at radius 1 is 1.38 bits per heavy atom. The van der Waals surface area contributed by atoms with Gasteiger partial charge in [0.25, 0.3) is 0 Å². The van der Waals surface area contributed by atoms with Crippen LogP contribution >= 0.6 is 0 Å². The van der Waals surface area contributed by atoms with Gasteiger partial charge in [0.1, 0.15) is 0 Å². The summed E-state index contributed by atoms with van der Waals surface area (Å²) in [4.78, 5) is 25.5. The molecular weight excluding hydrogens is 332 g/mol. The first-order valence-electron chi connectivity index (χ1n) is 9.07. The van der Waals surface area contributed by atoms with Crippen LogP contribution in [0.2, 0.25) is 0 Å². The highest BCUT2D eigenvalue weighted by Crippen LogP contribution is 2.43. The van der Waals surface area contributed by atoms with E-state index in [-0.39, 0.29) is 5.92 Å². The molecule has 4 heterocycles. The van der Waals surface area contributed by atoms with Crippen molar-refractivity contribution < 1.29 is 14.3 Å². The van der Waals surface area contributed by atoms with Gasteiger partial charge in [-0.2, -0.15) is 0 Å². The number of rotatable bonds is 4. The molecule has 1 N–H and O–H groups in total. The minimum Gasteiger partial charge on any atom is -0.481 e. The van der Waals surface area contributed by atoms with Gasteiger partial charge >= 0.3 is 5.97 Å². The van der Waals surface area contributed by atoms with Crippen LogP contribution in [0, 0.1) is 18.3 Å². The van der Waals surface area contributed by atoms with E-state index >= 15 is 0 Å². The second-order valence-electron chi connectivity index (χ2n) is 7.57. The van der Waals surface area contributed by atoms with Gasteiger partial charge < -0.3 is 14.4 Å². The number of nitrogens with zero attached hydrogens (tertiary/aromatic N) is 4. The fourth-order valence-corrected chi connectivity index (χ4v) is 4.38. The highest BCUT2D eigenvalue weighted by atomic mass is 16.4. The summed E-state index contributed by atoms with van der Waals surface area (Å²) in [6.45, 7) is 5.52. The maximum Gasteiger partial charge on any atom is 0.311 e. The van der Waals surface area contributed by atoms with Gasteiger partial charge in [-0.15, -0.1) is 0 Å². The third kappa shape index (κ3) is 3.07. The zero-order valence-electron chi connectivity index (χ0n) is 15.0. The van der Waals surface area contributed by atoms with E-state index in [9.17, 15) is 9.90 Å². The molecule has 0 unspecified atom stereocenters. The summed E-state index contributed by atoms with van der Waals surface area (Å²) in [6.07, 6.45) is 8.55. The average Bonchev–Trinajstić information content (AvgIpc) is 3.20. The van der Waals surface area contributed by atoms with E-state index < -0.39 is 11.4 Å². The normalized spacial score (nSPS) is 26.5. The van der Waals surface area contributed by atoms with Crippen LogP contribution in [0.1, 0.15) is 24.0 Å². The quantitative estimate of drug-likeness (QED) is 0.899. The van der Waals surface area contributed by atoms with Crippen LogP contribution in [0.15, 0.2) is 35.4 Å². The van der Waals surface area contributed by atoms with Crippen molar-refractivity contribution >= 4 is 11.9 Å². The maximum atomic E-state index is 12.3. The SMILES string of the molecule is Cc1cnc(N2CCC[C@@]3(C(=O)O)CN(Cc4ccoc4)C[C@H]3C2)nc1. The molecule has 2 saturated heterocycles. The highest BCUT2D eigenvalue weighted by molar-refractivity contribution is 5.76. The van der Waals surface area contributed by atoms with Gasteiger partial charge in [-0.3, -0.25) is 9.69 Å². The number of aliphatic carboxylic acids is 1. The second-order valence-corrected chi connectivity index (χ2v) is 7.57. The van der Waals surface area contributed by atoms with E-state index in [4.69, 9.17) is 4.42 Å². The Kier molecular flexibility index (Phi) is 4.40. The Morgan fingerprint density at radius 3 is 2.88 bits per heavy atom. The van der Waals surface area contributed by atoms with Gasteiger partial charge in [-0.25, -0.2) is 9.97 Å². The Labute approximate surface area is 152 Å². The van der Waals surface area contributed by atoms with E-state index in [2.05, 4.69) is 19.8 Å². The maximum absolute atomic E-state index is 12.3. The standard InChI is InChI=1S/C19H24N4O3/c1-14-7-20-18(21-8-14)23-5-2-4-19(17(24)25)13-22(10-16(19)11-23)9-15-3-6-26-12-15/h3,6-8,12,16H,2,4-5,9-11,13H2,1H3,(H,24,25)/t16-,19+/m0/s1. The lowest BCUT2D eigenvalue weighted by Crippen LogP contribution is -2.41. The van der Waals surface area contributed by atoms with Crippen LogP contribution in [0.4, 0.5) is 5.95 Å². The number of hydrogen-bond acceptors (Lipinski definition) is 6. The molecule has 0 bridgehead atoms. The second kappa shape index (κ2) is 6.72. The van der Waals surface area contributed by atoms with Gasteiger partial charge in [0.15, 0.2) is 0 Å². The lowest BCUT2D eigenvalue weighted by atomic mass is 9.75. The van der Waals surface area contributed by atoms with Gasteiger partial charge in [-0.1, -0.05) is 0 Å².